The maximum Gasteiger partial charge on any atom is 0.323 e. The number of imidazole rings is 1. The molecule has 204 valence electrons. The largest absolute Gasteiger partial charge is 0.491 e. The maximum atomic E-state index is 13.7. The SMILES string of the molecule is C[C@H](NC(=O)c1cccnc1N[C@@H](COc1ccc2[nH]c(=O)[nH]c2c1)c1cccc(Cl)c1)c1ccc(F)c(F)c1. The summed E-state index contributed by atoms with van der Waals surface area (Å²) in [4.78, 5) is 34.6. The number of pyridine rings is 1. The van der Waals surface area contributed by atoms with Crippen LogP contribution in [0.5, 0.6) is 5.75 Å². The van der Waals surface area contributed by atoms with Crippen LogP contribution in [0.1, 0.15) is 40.5 Å². The Labute approximate surface area is 232 Å². The van der Waals surface area contributed by atoms with Crippen LogP contribution in [0.2, 0.25) is 5.02 Å². The van der Waals surface area contributed by atoms with Crippen molar-refractivity contribution in [3.05, 3.63) is 123 Å². The van der Waals surface area contributed by atoms with E-state index in [1.807, 2.05) is 6.07 Å². The summed E-state index contributed by atoms with van der Waals surface area (Å²) in [5.74, 6) is -1.60. The number of fused-ring (bicyclic) bond motifs is 1. The Balaban J connectivity index is 1.38. The molecule has 0 aliphatic rings. The molecular formula is C29H24ClF2N5O3. The first-order chi connectivity index (χ1) is 19.3. The fourth-order valence-corrected chi connectivity index (χ4v) is 4.43. The van der Waals surface area contributed by atoms with Crippen molar-refractivity contribution in [3.8, 4) is 5.75 Å². The van der Waals surface area contributed by atoms with Crippen LogP contribution in [0.4, 0.5) is 14.6 Å². The molecule has 0 saturated carbocycles. The van der Waals surface area contributed by atoms with Crippen molar-refractivity contribution >= 4 is 34.4 Å². The van der Waals surface area contributed by atoms with E-state index < -0.39 is 29.6 Å². The number of amides is 1. The molecule has 0 spiro atoms. The predicted octanol–water partition coefficient (Wildman–Crippen LogP) is 5.91. The molecule has 11 heteroatoms. The number of nitrogens with zero attached hydrogens (tertiary/aromatic N) is 1. The van der Waals surface area contributed by atoms with Crippen molar-refractivity contribution in [1.29, 1.82) is 0 Å². The predicted molar refractivity (Wildman–Crippen MR) is 149 cm³/mol. The summed E-state index contributed by atoms with van der Waals surface area (Å²) in [6.07, 6.45) is 1.55. The van der Waals surface area contributed by atoms with Gasteiger partial charge in [0, 0.05) is 17.3 Å². The van der Waals surface area contributed by atoms with Gasteiger partial charge in [-0.25, -0.2) is 18.6 Å². The minimum atomic E-state index is -0.992. The van der Waals surface area contributed by atoms with Gasteiger partial charge in [-0.1, -0.05) is 29.8 Å². The molecule has 8 nitrogen and oxygen atoms in total. The van der Waals surface area contributed by atoms with Gasteiger partial charge in [0.05, 0.1) is 28.7 Å². The number of aromatic nitrogens is 3. The average molecular weight is 564 g/mol. The summed E-state index contributed by atoms with van der Waals surface area (Å²) in [6.45, 7) is 1.80. The smallest absolute Gasteiger partial charge is 0.323 e. The molecule has 0 unspecified atom stereocenters. The lowest BCUT2D eigenvalue weighted by Crippen LogP contribution is -2.29. The number of H-pyrrole nitrogens is 2. The van der Waals surface area contributed by atoms with Gasteiger partial charge in [-0.2, -0.15) is 0 Å². The Morgan fingerprint density at radius 3 is 2.60 bits per heavy atom. The van der Waals surface area contributed by atoms with Gasteiger partial charge in [0.25, 0.3) is 5.91 Å². The topological polar surface area (TPSA) is 112 Å². The van der Waals surface area contributed by atoms with Crippen LogP contribution in [0.3, 0.4) is 0 Å². The number of anilines is 1. The van der Waals surface area contributed by atoms with E-state index in [9.17, 15) is 18.4 Å². The molecule has 0 radical (unpaired) electrons. The van der Waals surface area contributed by atoms with E-state index in [4.69, 9.17) is 16.3 Å². The summed E-state index contributed by atoms with van der Waals surface area (Å²) >= 11 is 6.26. The van der Waals surface area contributed by atoms with Crippen LogP contribution in [-0.2, 0) is 0 Å². The molecule has 1 amide bonds. The van der Waals surface area contributed by atoms with Gasteiger partial charge in [0.15, 0.2) is 11.6 Å². The molecule has 40 heavy (non-hydrogen) atoms. The number of nitrogens with one attached hydrogen (secondary N) is 4. The molecule has 4 N–H and O–H groups in total. The van der Waals surface area contributed by atoms with Gasteiger partial charge < -0.3 is 25.3 Å². The third-order valence-electron chi connectivity index (χ3n) is 6.31. The second-order valence-electron chi connectivity index (χ2n) is 9.12. The fourth-order valence-electron chi connectivity index (χ4n) is 4.23. The van der Waals surface area contributed by atoms with Crippen molar-refractivity contribution in [2.45, 2.75) is 19.0 Å². The lowest BCUT2D eigenvalue weighted by molar-refractivity contribution is 0.0940. The monoisotopic (exact) mass is 563 g/mol. The minimum absolute atomic E-state index is 0.128. The number of halogens is 3. The van der Waals surface area contributed by atoms with Crippen molar-refractivity contribution in [2.24, 2.45) is 0 Å². The van der Waals surface area contributed by atoms with Gasteiger partial charge in [0.1, 0.15) is 18.2 Å². The molecule has 5 rings (SSSR count). The van der Waals surface area contributed by atoms with E-state index in [-0.39, 0.29) is 23.7 Å². The van der Waals surface area contributed by atoms with Crippen LogP contribution in [0.15, 0.2) is 83.8 Å². The highest BCUT2D eigenvalue weighted by molar-refractivity contribution is 6.30. The average Bonchev–Trinajstić information content (AvgIpc) is 3.31. The summed E-state index contributed by atoms with van der Waals surface area (Å²) in [5.41, 5.74) is 2.39. The highest BCUT2D eigenvalue weighted by atomic mass is 35.5. The summed E-state index contributed by atoms with van der Waals surface area (Å²) in [7, 11) is 0. The molecule has 0 fully saturated rings. The quantitative estimate of drug-likeness (QED) is 0.178. The highest BCUT2D eigenvalue weighted by Gasteiger charge is 2.21. The van der Waals surface area contributed by atoms with E-state index in [1.165, 1.54) is 6.07 Å². The Bertz CT molecular complexity index is 1740. The summed E-state index contributed by atoms with van der Waals surface area (Å²) < 4.78 is 33.1. The first-order valence-corrected chi connectivity index (χ1v) is 12.7. The Hall–Kier alpha value is -4.70. The zero-order chi connectivity index (χ0) is 28.2. The standard InChI is InChI=1S/C29H24ClF2N5O3/c1-16(17-7-9-22(31)23(32)13-17)34-28(38)21-6-3-11-33-27(21)35-26(18-4-2-5-19(30)12-18)15-40-20-8-10-24-25(14-20)37-29(39)36-24/h2-14,16,26H,15H2,1H3,(H,33,35)(H,34,38)(H2,36,37,39)/t16-,26-/m0/s1. The van der Waals surface area contributed by atoms with Crippen molar-refractivity contribution in [2.75, 3.05) is 11.9 Å². The Morgan fingerprint density at radius 2 is 1.80 bits per heavy atom. The Kier molecular flexibility index (Phi) is 7.79. The molecule has 0 aliphatic heterocycles. The third-order valence-corrected chi connectivity index (χ3v) is 6.54. The number of rotatable bonds is 9. The lowest BCUT2D eigenvalue weighted by Gasteiger charge is -2.22. The Morgan fingerprint density at radius 1 is 0.975 bits per heavy atom. The second-order valence-corrected chi connectivity index (χ2v) is 9.55. The zero-order valence-electron chi connectivity index (χ0n) is 21.2. The van der Waals surface area contributed by atoms with Gasteiger partial charge in [-0.15, -0.1) is 0 Å². The number of aromatic amines is 2. The first kappa shape index (κ1) is 26.9. The normalized spacial score (nSPS) is 12.6. The molecule has 2 heterocycles. The number of carbonyl (C=O) groups excluding carboxylic acids is 1. The van der Waals surface area contributed by atoms with Crippen LogP contribution in [0.25, 0.3) is 11.0 Å². The number of ether oxygens (including phenoxy) is 1. The molecule has 2 aromatic heterocycles. The summed E-state index contributed by atoms with van der Waals surface area (Å²) in [6, 6.07) is 18.0. The van der Waals surface area contributed by atoms with Gasteiger partial charge in [0.2, 0.25) is 0 Å². The lowest BCUT2D eigenvalue weighted by atomic mass is 10.1. The number of benzene rings is 3. The number of carbonyl (C=O) groups is 1. The molecule has 0 aliphatic carbocycles. The van der Waals surface area contributed by atoms with E-state index in [2.05, 4.69) is 25.6 Å². The third kappa shape index (κ3) is 6.13. The number of hydrogen-bond donors (Lipinski definition) is 4. The van der Waals surface area contributed by atoms with Crippen LogP contribution < -0.4 is 21.1 Å². The highest BCUT2D eigenvalue weighted by Crippen LogP contribution is 2.26. The molecule has 0 bridgehead atoms. The van der Waals surface area contributed by atoms with Crippen molar-refractivity contribution in [3.63, 3.8) is 0 Å². The summed E-state index contributed by atoms with van der Waals surface area (Å²) in [5, 5.41) is 6.61. The van der Waals surface area contributed by atoms with E-state index in [1.54, 1.807) is 61.7 Å². The number of hydrogen-bond acceptors (Lipinski definition) is 5. The van der Waals surface area contributed by atoms with Gasteiger partial charge >= 0.3 is 5.69 Å². The van der Waals surface area contributed by atoms with E-state index in [0.717, 1.165) is 17.7 Å². The van der Waals surface area contributed by atoms with Gasteiger partial charge in [-0.3, -0.25) is 4.79 Å². The van der Waals surface area contributed by atoms with E-state index >= 15 is 0 Å². The molecule has 2 atom stereocenters. The van der Waals surface area contributed by atoms with E-state index in [0.29, 0.717) is 27.4 Å². The minimum Gasteiger partial charge on any atom is -0.491 e. The van der Waals surface area contributed by atoms with Crippen LogP contribution in [0, 0.1) is 11.6 Å². The maximum absolute atomic E-state index is 13.7. The van der Waals surface area contributed by atoms with Crippen LogP contribution >= 0.6 is 11.6 Å². The first-order valence-electron chi connectivity index (χ1n) is 12.3. The zero-order valence-corrected chi connectivity index (χ0v) is 21.9. The molecule has 5 aromatic rings. The van der Waals surface area contributed by atoms with Crippen LogP contribution in [-0.4, -0.2) is 27.5 Å². The van der Waals surface area contributed by atoms with Gasteiger partial charge in [-0.05, 0) is 66.6 Å². The molecular weight excluding hydrogens is 540 g/mol. The fraction of sp³-hybridized carbons (Fsp3) is 0.138. The molecule has 3 aromatic carbocycles. The molecule has 0 saturated heterocycles. The second kappa shape index (κ2) is 11.6. The van der Waals surface area contributed by atoms with Crippen molar-refractivity contribution in [1.82, 2.24) is 20.3 Å². The van der Waals surface area contributed by atoms with Crippen molar-refractivity contribution < 1.29 is 18.3 Å².